The van der Waals surface area contributed by atoms with Crippen LogP contribution in [0.5, 0.6) is 11.5 Å². The Bertz CT molecular complexity index is 1100. The van der Waals surface area contributed by atoms with Crippen LogP contribution >= 0.6 is 0 Å². The van der Waals surface area contributed by atoms with Crippen LogP contribution in [-0.2, 0) is 6.61 Å². The fourth-order valence-electron chi connectivity index (χ4n) is 2.52. The number of benzene rings is 2. The largest absolute Gasteiger partial charge is 0.493 e. The number of hydrogen-bond donors (Lipinski definition) is 2. The standard InChI is InChI=1S/C21H21FN4O3/c1-13-14(2)24-21(25-20(13)27)26-23-11-15-8-9-18(19(10-15)28-3)29-12-16-6-4-5-7-17(16)22/h4-11H,12H2,1-3H3,(H2,24,25,26,27)/b23-11-. The van der Waals surface area contributed by atoms with Crippen LogP contribution in [0.3, 0.4) is 0 Å². The molecular weight excluding hydrogens is 375 g/mol. The lowest BCUT2D eigenvalue weighted by atomic mass is 10.2. The first-order valence-corrected chi connectivity index (χ1v) is 8.88. The molecule has 0 fully saturated rings. The molecule has 2 N–H and O–H groups in total. The van der Waals surface area contributed by atoms with Gasteiger partial charge in [-0.25, -0.2) is 14.8 Å². The van der Waals surface area contributed by atoms with Crippen molar-refractivity contribution in [2.75, 3.05) is 12.5 Å². The van der Waals surface area contributed by atoms with Crippen molar-refractivity contribution in [2.24, 2.45) is 5.10 Å². The Morgan fingerprint density at radius 1 is 1.21 bits per heavy atom. The van der Waals surface area contributed by atoms with Crippen molar-refractivity contribution in [3.8, 4) is 11.5 Å². The predicted molar refractivity (Wildman–Crippen MR) is 109 cm³/mol. The van der Waals surface area contributed by atoms with Gasteiger partial charge in [-0.2, -0.15) is 5.10 Å². The van der Waals surface area contributed by atoms with Crippen LogP contribution in [0.4, 0.5) is 10.3 Å². The number of rotatable bonds is 7. The molecule has 1 aromatic heterocycles. The molecule has 2 aromatic carbocycles. The molecule has 0 radical (unpaired) electrons. The number of H-pyrrole nitrogens is 1. The molecule has 0 spiro atoms. The Labute approximate surface area is 167 Å². The van der Waals surface area contributed by atoms with E-state index < -0.39 is 0 Å². The van der Waals surface area contributed by atoms with Gasteiger partial charge in [0.1, 0.15) is 12.4 Å². The first-order chi connectivity index (χ1) is 14.0. The summed E-state index contributed by atoms with van der Waals surface area (Å²) in [6.45, 7) is 3.55. The van der Waals surface area contributed by atoms with Gasteiger partial charge in [0.25, 0.3) is 5.56 Å². The molecular formula is C21H21FN4O3. The van der Waals surface area contributed by atoms with Gasteiger partial charge in [0.05, 0.1) is 13.3 Å². The Morgan fingerprint density at radius 3 is 2.72 bits per heavy atom. The highest BCUT2D eigenvalue weighted by atomic mass is 19.1. The molecule has 0 unspecified atom stereocenters. The van der Waals surface area contributed by atoms with Gasteiger partial charge in [0.15, 0.2) is 11.5 Å². The smallest absolute Gasteiger partial charge is 0.255 e. The monoisotopic (exact) mass is 396 g/mol. The fraction of sp³-hybridized carbons (Fsp3) is 0.190. The van der Waals surface area contributed by atoms with Crippen LogP contribution < -0.4 is 20.5 Å². The molecule has 150 valence electrons. The Balaban J connectivity index is 1.69. The quantitative estimate of drug-likeness (QED) is 0.471. The van der Waals surface area contributed by atoms with E-state index in [1.165, 1.54) is 13.2 Å². The van der Waals surface area contributed by atoms with E-state index in [1.54, 1.807) is 56.5 Å². The maximum absolute atomic E-state index is 13.7. The summed E-state index contributed by atoms with van der Waals surface area (Å²) in [6, 6.07) is 11.7. The molecule has 0 bridgehead atoms. The summed E-state index contributed by atoms with van der Waals surface area (Å²) in [5.41, 5.74) is 4.87. The molecule has 29 heavy (non-hydrogen) atoms. The molecule has 0 aliphatic heterocycles. The zero-order valence-corrected chi connectivity index (χ0v) is 16.3. The maximum Gasteiger partial charge on any atom is 0.255 e. The van der Waals surface area contributed by atoms with Crippen molar-refractivity contribution in [3.05, 3.63) is 81.0 Å². The highest BCUT2D eigenvalue weighted by Gasteiger charge is 2.08. The van der Waals surface area contributed by atoms with Gasteiger partial charge >= 0.3 is 0 Å². The van der Waals surface area contributed by atoms with Crippen molar-refractivity contribution in [1.82, 2.24) is 9.97 Å². The number of hydrogen-bond acceptors (Lipinski definition) is 6. The lowest BCUT2D eigenvalue weighted by molar-refractivity contribution is 0.279. The predicted octanol–water partition coefficient (Wildman–Crippen LogP) is 3.56. The molecule has 0 saturated carbocycles. The summed E-state index contributed by atoms with van der Waals surface area (Å²) in [7, 11) is 1.52. The molecule has 3 aromatic rings. The summed E-state index contributed by atoms with van der Waals surface area (Å²) in [5.74, 6) is 0.912. The number of hydrazone groups is 1. The van der Waals surface area contributed by atoms with Crippen molar-refractivity contribution >= 4 is 12.2 Å². The third-order valence-electron chi connectivity index (χ3n) is 4.31. The average Bonchev–Trinajstić information content (AvgIpc) is 2.71. The number of methoxy groups -OCH3 is 1. The molecule has 8 heteroatoms. The third-order valence-corrected chi connectivity index (χ3v) is 4.31. The SMILES string of the molecule is COc1cc(/C=N\Nc2nc(C)c(C)c(=O)[nH]2)ccc1OCc1ccccc1F. The van der Waals surface area contributed by atoms with Crippen molar-refractivity contribution in [2.45, 2.75) is 20.5 Å². The van der Waals surface area contributed by atoms with Gasteiger partial charge in [0, 0.05) is 16.8 Å². The summed E-state index contributed by atoms with van der Waals surface area (Å²) in [5, 5.41) is 4.08. The third kappa shape index (κ3) is 4.98. The molecule has 1 heterocycles. The van der Waals surface area contributed by atoms with E-state index in [2.05, 4.69) is 20.5 Å². The van der Waals surface area contributed by atoms with Crippen LogP contribution in [0, 0.1) is 19.7 Å². The zero-order chi connectivity index (χ0) is 20.8. The number of halogens is 1. The van der Waals surface area contributed by atoms with E-state index in [4.69, 9.17) is 9.47 Å². The van der Waals surface area contributed by atoms with Crippen LogP contribution in [0.2, 0.25) is 0 Å². The minimum atomic E-state index is -0.320. The van der Waals surface area contributed by atoms with Gasteiger partial charge < -0.3 is 9.47 Å². The highest BCUT2D eigenvalue weighted by molar-refractivity contribution is 5.81. The lowest BCUT2D eigenvalue weighted by Crippen LogP contribution is -2.15. The van der Waals surface area contributed by atoms with Crippen LogP contribution in [0.15, 0.2) is 52.4 Å². The molecule has 0 amide bonds. The van der Waals surface area contributed by atoms with Gasteiger partial charge in [0.2, 0.25) is 5.95 Å². The average molecular weight is 396 g/mol. The number of aromatic nitrogens is 2. The Hall–Kier alpha value is -3.68. The molecule has 0 saturated heterocycles. The minimum absolute atomic E-state index is 0.0871. The number of nitrogens with one attached hydrogen (secondary N) is 2. The van der Waals surface area contributed by atoms with E-state index in [1.807, 2.05) is 0 Å². The van der Waals surface area contributed by atoms with Crippen molar-refractivity contribution < 1.29 is 13.9 Å². The van der Waals surface area contributed by atoms with Crippen LogP contribution in [-0.4, -0.2) is 23.3 Å². The first-order valence-electron chi connectivity index (χ1n) is 8.88. The molecule has 3 rings (SSSR count). The van der Waals surface area contributed by atoms with E-state index in [-0.39, 0.29) is 23.9 Å². The van der Waals surface area contributed by atoms with Crippen LogP contribution in [0.1, 0.15) is 22.4 Å². The second kappa shape index (κ2) is 9.01. The second-order valence-corrected chi connectivity index (χ2v) is 6.29. The Morgan fingerprint density at radius 2 is 2.00 bits per heavy atom. The number of nitrogens with zero attached hydrogens (tertiary/aromatic N) is 2. The van der Waals surface area contributed by atoms with E-state index in [9.17, 15) is 9.18 Å². The lowest BCUT2D eigenvalue weighted by Gasteiger charge is -2.11. The number of aromatic amines is 1. The number of anilines is 1. The first kappa shape index (κ1) is 20.1. The zero-order valence-electron chi connectivity index (χ0n) is 16.3. The van der Waals surface area contributed by atoms with E-state index in [0.717, 1.165) is 5.56 Å². The minimum Gasteiger partial charge on any atom is -0.493 e. The van der Waals surface area contributed by atoms with Gasteiger partial charge in [-0.1, -0.05) is 18.2 Å². The normalized spacial score (nSPS) is 10.9. The second-order valence-electron chi connectivity index (χ2n) is 6.29. The summed E-state index contributed by atoms with van der Waals surface area (Å²) in [6.07, 6.45) is 1.55. The van der Waals surface area contributed by atoms with E-state index >= 15 is 0 Å². The van der Waals surface area contributed by atoms with Crippen LogP contribution in [0.25, 0.3) is 0 Å². The van der Waals surface area contributed by atoms with Crippen molar-refractivity contribution in [1.29, 1.82) is 0 Å². The van der Waals surface area contributed by atoms with Gasteiger partial charge in [-0.3, -0.25) is 9.78 Å². The fourth-order valence-corrected chi connectivity index (χ4v) is 2.52. The van der Waals surface area contributed by atoms with E-state index in [0.29, 0.717) is 28.3 Å². The molecule has 0 aliphatic carbocycles. The maximum atomic E-state index is 13.7. The summed E-state index contributed by atoms with van der Waals surface area (Å²) < 4.78 is 24.8. The number of aryl methyl sites for hydroxylation is 1. The van der Waals surface area contributed by atoms with Gasteiger partial charge in [-0.15, -0.1) is 0 Å². The molecule has 7 nitrogen and oxygen atoms in total. The highest BCUT2D eigenvalue weighted by Crippen LogP contribution is 2.28. The van der Waals surface area contributed by atoms with Crippen molar-refractivity contribution in [3.63, 3.8) is 0 Å². The summed E-state index contributed by atoms with van der Waals surface area (Å²) >= 11 is 0. The molecule has 0 aliphatic rings. The molecule has 0 atom stereocenters. The number of ether oxygens (including phenoxy) is 2. The van der Waals surface area contributed by atoms with Gasteiger partial charge in [-0.05, 0) is 43.7 Å². The topological polar surface area (TPSA) is 88.6 Å². The Kier molecular flexibility index (Phi) is 6.23. The summed E-state index contributed by atoms with van der Waals surface area (Å²) in [4.78, 5) is 18.6.